The molecule has 0 saturated carbocycles. The summed E-state index contributed by atoms with van der Waals surface area (Å²) < 4.78 is 0. The summed E-state index contributed by atoms with van der Waals surface area (Å²) in [5.74, 6) is 0.889. The molecule has 0 unspecified atom stereocenters. The van der Waals surface area contributed by atoms with Gasteiger partial charge in [0.15, 0.2) is 0 Å². The maximum Gasteiger partial charge on any atom is 0 e. The molecular formula is C10H22HfO-2. The summed E-state index contributed by atoms with van der Waals surface area (Å²) in [6.45, 7) is 8.40. The van der Waals surface area contributed by atoms with Gasteiger partial charge in [-0.05, 0) is 5.92 Å². The molecule has 0 aromatic carbocycles. The SMILES string of the molecule is [CH2-]CCCCCCC(C)C.[Hf].[OH-]. The molecule has 0 atom stereocenters. The van der Waals surface area contributed by atoms with Gasteiger partial charge in [-0.25, -0.2) is 0 Å². The van der Waals surface area contributed by atoms with Gasteiger partial charge in [-0.1, -0.05) is 46.0 Å². The van der Waals surface area contributed by atoms with E-state index in [9.17, 15) is 0 Å². The van der Waals surface area contributed by atoms with Crippen molar-refractivity contribution in [3.05, 3.63) is 6.92 Å². The fourth-order valence-electron chi connectivity index (χ4n) is 1.08. The summed E-state index contributed by atoms with van der Waals surface area (Å²) in [6, 6.07) is 0. The number of hydrogen-bond acceptors (Lipinski definition) is 1. The smallest absolute Gasteiger partial charge is 0 e. The summed E-state index contributed by atoms with van der Waals surface area (Å²) in [5.41, 5.74) is 0. The van der Waals surface area contributed by atoms with Gasteiger partial charge in [0.2, 0.25) is 0 Å². The maximum absolute atomic E-state index is 3.82. The third-order valence-electron chi connectivity index (χ3n) is 1.78. The number of unbranched alkanes of at least 4 members (excludes halogenated alkanes) is 4. The monoisotopic (exact) mass is 338 g/mol. The van der Waals surface area contributed by atoms with Crippen molar-refractivity contribution in [2.75, 3.05) is 0 Å². The van der Waals surface area contributed by atoms with Gasteiger partial charge in [0, 0.05) is 25.8 Å². The van der Waals surface area contributed by atoms with E-state index in [0.29, 0.717) is 0 Å². The zero-order chi connectivity index (χ0) is 7.82. The molecule has 74 valence electrons. The summed E-state index contributed by atoms with van der Waals surface area (Å²) in [4.78, 5) is 0. The van der Waals surface area contributed by atoms with Crippen LogP contribution in [0.3, 0.4) is 0 Å². The van der Waals surface area contributed by atoms with E-state index in [1.165, 1.54) is 32.1 Å². The van der Waals surface area contributed by atoms with Crippen LogP contribution in [-0.2, 0) is 25.8 Å². The molecule has 0 aliphatic carbocycles. The van der Waals surface area contributed by atoms with E-state index < -0.39 is 0 Å². The van der Waals surface area contributed by atoms with Crippen molar-refractivity contribution in [2.24, 2.45) is 5.92 Å². The largest absolute Gasteiger partial charge is 0.870 e. The average Bonchev–Trinajstić information content (AvgIpc) is 1.87. The van der Waals surface area contributed by atoms with Crippen LogP contribution in [0.1, 0.15) is 52.4 Å². The van der Waals surface area contributed by atoms with Crippen LogP contribution in [0, 0.1) is 12.8 Å². The Kier molecular flexibility index (Phi) is 22.2. The molecular weight excluding hydrogens is 315 g/mol. The minimum absolute atomic E-state index is 0. The number of rotatable bonds is 6. The van der Waals surface area contributed by atoms with Gasteiger partial charge in [-0.15, -0.1) is 0 Å². The second kappa shape index (κ2) is 14.4. The van der Waals surface area contributed by atoms with Gasteiger partial charge in [0.05, 0.1) is 0 Å². The Morgan fingerprint density at radius 2 is 1.50 bits per heavy atom. The Hall–Kier alpha value is 0.830. The predicted molar refractivity (Wildman–Crippen MR) is 49.8 cm³/mol. The van der Waals surface area contributed by atoms with Crippen LogP contribution in [0.2, 0.25) is 0 Å². The molecule has 0 saturated heterocycles. The van der Waals surface area contributed by atoms with Gasteiger partial charge in [0.1, 0.15) is 0 Å². The van der Waals surface area contributed by atoms with Crippen molar-refractivity contribution in [1.82, 2.24) is 0 Å². The van der Waals surface area contributed by atoms with E-state index in [1.807, 2.05) is 0 Å². The Balaban J connectivity index is -0.000000405. The quantitative estimate of drug-likeness (QED) is 0.414. The fraction of sp³-hybridized carbons (Fsp3) is 0.900. The fourth-order valence-corrected chi connectivity index (χ4v) is 1.08. The zero-order valence-electron chi connectivity index (χ0n) is 8.47. The maximum atomic E-state index is 3.82. The van der Waals surface area contributed by atoms with Crippen LogP contribution in [0.5, 0.6) is 0 Å². The molecule has 1 N–H and O–H groups in total. The third kappa shape index (κ3) is 17.1. The molecule has 0 radical (unpaired) electrons. The van der Waals surface area contributed by atoms with Crippen molar-refractivity contribution < 1.29 is 31.3 Å². The van der Waals surface area contributed by atoms with E-state index >= 15 is 0 Å². The first-order valence-corrected chi connectivity index (χ1v) is 4.56. The van der Waals surface area contributed by atoms with Crippen molar-refractivity contribution in [3.63, 3.8) is 0 Å². The minimum atomic E-state index is 0. The van der Waals surface area contributed by atoms with Crippen LogP contribution in [-0.4, -0.2) is 5.48 Å². The molecule has 12 heavy (non-hydrogen) atoms. The van der Waals surface area contributed by atoms with Crippen LogP contribution >= 0.6 is 0 Å². The van der Waals surface area contributed by atoms with E-state index in [0.717, 1.165) is 12.3 Å². The molecule has 0 aromatic heterocycles. The molecule has 0 rings (SSSR count). The first kappa shape index (κ1) is 18.6. The van der Waals surface area contributed by atoms with Crippen molar-refractivity contribution in [1.29, 1.82) is 0 Å². The van der Waals surface area contributed by atoms with Gasteiger partial charge in [-0.3, -0.25) is 0 Å². The average molecular weight is 337 g/mol. The Morgan fingerprint density at radius 1 is 1.00 bits per heavy atom. The Bertz CT molecular complexity index is 64.9. The van der Waals surface area contributed by atoms with E-state index in [4.69, 9.17) is 0 Å². The molecule has 0 fully saturated rings. The standard InChI is InChI=1S/C10H21.Hf.H2O/c1-4-5-6-7-8-9-10(2)3;;/h10H,1,4-9H2,2-3H3;;1H2/q-1;;/p-1. The van der Waals surface area contributed by atoms with Gasteiger partial charge in [0.25, 0.3) is 0 Å². The number of hydrogen-bond donors (Lipinski definition) is 0. The third-order valence-corrected chi connectivity index (χ3v) is 1.78. The topological polar surface area (TPSA) is 30.0 Å². The second-order valence-corrected chi connectivity index (χ2v) is 3.45. The van der Waals surface area contributed by atoms with Crippen molar-refractivity contribution >= 4 is 0 Å². The minimum Gasteiger partial charge on any atom is -0.870 e. The molecule has 0 aromatic rings. The zero-order valence-corrected chi connectivity index (χ0v) is 12.1. The molecule has 0 heterocycles. The molecule has 2 heteroatoms. The van der Waals surface area contributed by atoms with Crippen molar-refractivity contribution in [2.45, 2.75) is 52.4 Å². The van der Waals surface area contributed by atoms with E-state index in [1.54, 1.807) is 0 Å². The summed E-state index contributed by atoms with van der Waals surface area (Å²) in [7, 11) is 0. The predicted octanol–water partition coefficient (Wildman–Crippen LogP) is 3.64. The summed E-state index contributed by atoms with van der Waals surface area (Å²) in [5, 5.41) is 0. The molecule has 1 nitrogen and oxygen atoms in total. The van der Waals surface area contributed by atoms with Crippen LogP contribution in [0.15, 0.2) is 0 Å². The molecule has 0 spiro atoms. The second-order valence-electron chi connectivity index (χ2n) is 3.45. The molecule has 0 amide bonds. The molecule has 0 bridgehead atoms. The first-order valence-electron chi connectivity index (χ1n) is 4.56. The van der Waals surface area contributed by atoms with E-state index in [-0.39, 0.29) is 31.3 Å². The Labute approximate surface area is 96.4 Å². The van der Waals surface area contributed by atoms with Crippen molar-refractivity contribution in [3.8, 4) is 0 Å². The van der Waals surface area contributed by atoms with Gasteiger partial charge >= 0.3 is 0 Å². The van der Waals surface area contributed by atoms with Crippen LogP contribution in [0.25, 0.3) is 0 Å². The van der Waals surface area contributed by atoms with E-state index in [2.05, 4.69) is 20.8 Å². The first-order chi connectivity index (χ1) is 4.77. The normalized spacial score (nSPS) is 9.00. The van der Waals surface area contributed by atoms with Crippen LogP contribution < -0.4 is 0 Å². The Morgan fingerprint density at radius 3 is 1.92 bits per heavy atom. The summed E-state index contributed by atoms with van der Waals surface area (Å²) >= 11 is 0. The molecule has 0 aliphatic heterocycles. The van der Waals surface area contributed by atoms with Gasteiger partial charge in [-0.2, -0.15) is 6.42 Å². The summed E-state index contributed by atoms with van der Waals surface area (Å²) in [6.07, 6.45) is 8.04. The molecule has 0 aliphatic rings. The van der Waals surface area contributed by atoms with Gasteiger partial charge < -0.3 is 12.4 Å². The van der Waals surface area contributed by atoms with Crippen LogP contribution in [0.4, 0.5) is 0 Å².